The van der Waals surface area contributed by atoms with Crippen molar-refractivity contribution in [3.63, 3.8) is 0 Å². The number of nitrogens with zero attached hydrogens (tertiary/aromatic N) is 2. The molecule has 2 aromatic rings. The third-order valence-electron chi connectivity index (χ3n) is 2.47. The zero-order valence-corrected chi connectivity index (χ0v) is 10.4. The Labute approximate surface area is 104 Å². The highest BCUT2D eigenvalue weighted by atomic mass is 35.5. The van der Waals surface area contributed by atoms with E-state index >= 15 is 0 Å². The van der Waals surface area contributed by atoms with Crippen molar-refractivity contribution in [2.75, 3.05) is 0 Å². The van der Waals surface area contributed by atoms with Gasteiger partial charge >= 0.3 is 0 Å². The zero-order valence-electron chi connectivity index (χ0n) is 9.61. The van der Waals surface area contributed by atoms with Gasteiger partial charge < -0.3 is 0 Å². The van der Waals surface area contributed by atoms with Crippen molar-refractivity contribution < 1.29 is 4.39 Å². The van der Waals surface area contributed by atoms with Gasteiger partial charge in [0.2, 0.25) is 0 Å². The highest BCUT2D eigenvalue weighted by Gasteiger charge is 2.07. The second-order valence-corrected chi connectivity index (χ2v) is 4.51. The first-order chi connectivity index (χ1) is 8.08. The van der Waals surface area contributed by atoms with Gasteiger partial charge in [0.05, 0.1) is 22.6 Å². The standard InChI is InChI=1S/C13H12ClFN2/c1-8(2)12-6-17-13(7-16-12)10-4-3-9(15)5-11(10)14/h3-8H,1-2H3. The van der Waals surface area contributed by atoms with Crippen LogP contribution in [0.4, 0.5) is 4.39 Å². The summed E-state index contributed by atoms with van der Waals surface area (Å²) < 4.78 is 12.9. The third kappa shape index (κ3) is 2.61. The van der Waals surface area contributed by atoms with Crippen molar-refractivity contribution in [3.8, 4) is 11.3 Å². The fourth-order valence-electron chi connectivity index (χ4n) is 1.47. The molecule has 2 rings (SSSR count). The van der Waals surface area contributed by atoms with Crippen molar-refractivity contribution in [1.82, 2.24) is 9.97 Å². The Bertz CT molecular complexity index is 523. The van der Waals surface area contributed by atoms with Crippen LogP contribution in [0, 0.1) is 5.82 Å². The molecule has 88 valence electrons. The van der Waals surface area contributed by atoms with E-state index < -0.39 is 0 Å². The van der Waals surface area contributed by atoms with Crippen LogP contribution in [0.1, 0.15) is 25.5 Å². The summed E-state index contributed by atoms with van der Waals surface area (Å²) in [5, 5.41) is 0.344. The highest BCUT2D eigenvalue weighted by Crippen LogP contribution is 2.26. The van der Waals surface area contributed by atoms with E-state index in [1.807, 2.05) is 0 Å². The molecule has 0 aliphatic heterocycles. The Morgan fingerprint density at radius 1 is 1.18 bits per heavy atom. The summed E-state index contributed by atoms with van der Waals surface area (Å²) in [6.07, 6.45) is 3.38. The topological polar surface area (TPSA) is 25.8 Å². The predicted octanol–water partition coefficient (Wildman–Crippen LogP) is 4.06. The molecule has 0 saturated heterocycles. The van der Waals surface area contributed by atoms with Crippen molar-refractivity contribution in [1.29, 1.82) is 0 Å². The van der Waals surface area contributed by atoms with E-state index in [0.717, 1.165) is 5.69 Å². The summed E-state index contributed by atoms with van der Waals surface area (Å²) in [5.41, 5.74) is 2.27. The van der Waals surface area contributed by atoms with Gasteiger partial charge in [-0.05, 0) is 24.1 Å². The van der Waals surface area contributed by atoms with Gasteiger partial charge in [-0.3, -0.25) is 9.97 Å². The molecule has 2 nitrogen and oxygen atoms in total. The molecule has 0 bridgehead atoms. The van der Waals surface area contributed by atoms with Crippen LogP contribution in [0.25, 0.3) is 11.3 Å². The molecule has 4 heteroatoms. The first-order valence-electron chi connectivity index (χ1n) is 5.35. The van der Waals surface area contributed by atoms with Crippen LogP contribution in [0.5, 0.6) is 0 Å². The Balaban J connectivity index is 2.40. The van der Waals surface area contributed by atoms with E-state index in [-0.39, 0.29) is 5.82 Å². The first kappa shape index (κ1) is 12.0. The summed E-state index contributed by atoms with van der Waals surface area (Å²) >= 11 is 5.96. The summed E-state index contributed by atoms with van der Waals surface area (Å²) in [7, 11) is 0. The lowest BCUT2D eigenvalue weighted by Crippen LogP contribution is -1.95. The van der Waals surface area contributed by atoms with Gasteiger partial charge in [0.15, 0.2) is 0 Å². The fourth-order valence-corrected chi connectivity index (χ4v) is 1.74. The maximum atomic E-state index is 12.9. The van der Waals surface area contributed by atoms with Gasteiger partial charge in [0.1, 0.15) is 5.82 Å². The lowest BCUT2D eigenvalue weighted by Gasteiger charge is -2.06. The lowest BCUT2D eigenvalue weighted by molar-refractivity contribution is 0.628. The molecule has 0 saturated carbocycles. The quantitative estimate of drug-likeness (QED) is 0.803. The van der Waals surface area contributed by atoms with Crippen molar-refractivity contribution >= 4 is 11.6 Å². The molecule has 0 aliphatic rings. The third-order valence-corrected chi connectivity index (χ3v) is 2.78. The Hall–Kier alpha value is -1.48. The van der Waals surface area contributed by atoms with Gasteiger partial charge in [-0.15, -0.1) is 0 Å². The molecule has 0 spiro atoms. The van der Waals surface area contributed by atoms with Gasteiger partial charge in [-0.2, -0.15) is 0 Å². The normalized spacial score (nSPS) is 10.9. The maximum Gasteiger partial charge on any atom is 0.124 e. The molecule has 0 N–H and O–H groups in total. The molecule has 0 fully saturated rings. The molecule has 1 heterocycles. The maximum absolute atomic E-state index is 12.9. The molecule has 1 aromatic carbocycles. The summed E-state index contributed by atoms with van der Waals surface area (Å²) in [6.45, 7) is 4.10. The lowest BCUT2D eigenvalue weighted by atomic mass is 10.1. The molecule has 1 aromatic heterocycles. The van der Waals surface area contributed by atoms with E-state index in [1.54, 1.807) is 18.5 Å². The van der Waals surface area contributed by atoms with Crippen LogP contribution < -0.4 is 0 Å². The number of benzene rings is 1. The first-order valence-corrected chi connectivity index (χ1v) is 5.73. The zero-order chi connectivity index (χ0) is 12.4. The van der Waals surface area contributed by atoms with Crippen LogP contribution in [-0.4, -0.2) is 9.97 Å². The fraction of sp³-hybridized carbons (Fsp3) is 0.231. The molecule has 17 heavy (non-hydrogen) atoms. The highest BCUT2D eigenvalue weighted by molar-refractivity contribution is 6.33. The molecule has 0 atom stereocenters. The number of aromatic nitrogens is 2. The van der Waals surface area contributed by atoms with Crippen molar-refractivity contribution in [3.05, 3.63) is 47.1 Å². The Kier molecular flexibility index (Phi) is 3.38. The largest absolute Gasteiger partial charge is 0.257 e. The molecule has 0 unspecified atom stereocenters. The molecular formula is C13H12ClFN2. The van der Waals surface area contributed by atoms with E-state index in [1.165, 1.54) is 12.1 Å². The van der Waals surface area contributed by atoms with Crippen LogP contribution in [-0.2, 0) is 0 Å². The molecular weight excluding hydrogens is 239 g/mol. The number of rotatable bonds is 2. The van der Waals surface area contributed by atoms with Crippen LogP contribution in [0.2, 0.25) is 5.02 Å². The average molecular weight is 251 g/mol. The number of halogens is 2. The summed E-state index contributed by atoms with van der Waals surface area (Å²) in [5.74, 6) is -0.0225. The van der Waals surface area contributed by atoms with Gasteiger partial charge in [-0.1, -0.05) is 25.4 Å². The monoisotopic (exact) mass is 250 g/mol. The second-order valence-electron chi connectivity index (χ2n) is 4.11. The molecule has 0 aliphatic carbocycles. The summed E-state index contributed by atoms with van der Waals surface area (Å²) in [6, 6.07) is 4.24. The second kappa shape index (κ2) is 4.80. The summed E-state index contributed by atoms with van der Waals surface area (Å²) in [4.78, 5) is 8.59. The van der Waals surface area contributed by atoms with E-state index in [2.05, 4.69) is 23.8 Å². The van der Waals surface area contributed by atoms with E-state index in [9.17, 15) is 4.39 Å². The van der Waals surface area contributed by atoms with E-state index in [4.69, 9.17) is 11.6 Å². The van der Waals surface area contributed by atoms with Crippen LogP contribution in [0.3, 0.4) is 0 Å². The number of hydrogen-bond donors (Lipinski definition) is 0. The minimum atomic E-state index is -0.356. The smallest absolute Gasteiger partial charge is 0.124 e. The van der Waals surface area contributed by atoms with E-state index in [0.29, 0.717) is 22.2 Å². The van der Waals surface area contributed by atoms with Crippen molar-refractivity contribution in [2.45, 2.75) is 19.8 Å². The van der Waals surface area contributed by atoms with Crippen molar-refractivity contribution in [2.24, 2.45) is 0 Å². The average Bonchev–Trinajstić information content (AvgIpc) is 2.29. The Morgan fingerprint density at radius 2 is 1.94 bits per heavy atom. The van der Waals surface area contributed by atoms with Gasteiger partial charge in [-0.25, -0.2) is 4.39 Å². The SMILES string of the molecule is CC(C)c1cnc(-c2ccc(F)cc2Cl)cn1. The molecule has 0 amide bonds. The predicted molar refractivity (Wildman–Crippen MR) is 66.5 cm³/mol. The van der Waals surface area contributed by atoms with Crippen LogP contribution >= 0.6 is 11.6 Å². The number of hydrogen-bond acceptors (Lipinski definition) is 2. The van der Waals surface area contributed by atoms with Gasteiger partial charge in [0, 0.05) is 11.8 Å². The minimum absolute atomic E-state index is 0.334. The Morgan fingerprint density at radius 3 is 2.47 bits per heavy atom. The molecule has 0 radical (unpaired) electrons. The van der Waals surface area contributed by atoms with Crippen LogP contribution in [0.15, 0.2) is 30.6 Å². The van der Waals surface area contributed by atoms with Gasteiger partial charge in [0.25, 0.3) is 0 Å². The minimum Gasteiger partial charge on any atom is -0.257 e.